The second-order valence-corrected chi connectivity index (χ2v) is 5.02. The van der Waals surface area contributed by atoms with E-state index in [1.165, 1.54) is 12.1 Å². The third-order valence-corrected chi connectivity index (χ3v) is 3.39. The SMILES string of the molecule is CC1CCC(Oc2cc(N)cc([N+](=O)[O-])c2)CC1. The van der Waals surface area contributed by atoms with Crippen molar-refractivity contribution in [3.05, 3.63) is 28.3 Å². The molecule has 0 atom stereocenters. The van der Waals surface area contributed by atoms with E-state index in [1.807, 2.05) is 0 Å². The number of nitro benzene ring substituents is 1. The number of nitrogen functional groups attached to an aromatic ring is 1. The van der Waals surface area contributed by atoms with Crippen LogP contribution in [0.3, 0.4) is 0 Å². The van der Waals surface area contributed by atoms with E-state index in [4.69, 9.17) is 10.5 Å². The molecule has 2 N–H and O–H groups in total. The molecular formula is C13H18N2O3. The number of anilines is 1. The summed E-state index contributed by atoms with van der Waals surface area (Å²) in [6, 6.07) is 4.43. The zero-order valence-electron chi connectivity index (χ0n) is 10.5. The lowest BCUT2D eigenvalue weighted by molar-refractivity contribution is -0.384. The van der Waals surface area contributed by atoms with Gasteiger partial charge in [-0.05, 0) is 31.6 Å². The molecule has 5 heteroatoms. The van der Waals surface area contributed by atoms with Crippen molar-refractivity contribution < 1.29 is 9.66 Å². The molecule has 1 aliphatic carbocycles. The number of benzene rings is 1. The van der Waals surface area contributed by atoms with Gasteiger partial charge in [0.2, 0.25) is 0 Å². The Morgan fingerprint density at radius 1 is 1.28 bits per heavy atom. The number of hydrogen-bond donors (Lipinski definition) is 1. The van der Waals surface area contributed by atoms with Gasteiger partial charge in [0.1, 0.15) is 5.75 Å². The van der Waals surface area contributed by atoms with Gasteiger partial charge in [0.05, 0.1) is 17.1 Å². The Kier molecular flexibility index (Phi) is 3.69. The van der Waals surface area contributed by atoms with Gasteiger partial charge in [-0.2, -0.15) is 0 Å². The first-order valence-electron chi connectivity index (χ1n) is 6.26. The number of non-ortho nitro benzene ring substituents is 1. The molecule has 1 saturated carbocycles. The smallest absolute Gasteiger partial charge is 0.275 e. The third-order valence-electron chi connectivity index (χ3n) is 3.39. The van der Waals surface area contributed by atoms with Gasteiger partial charge in [-0.3, -0.25) is 10.1 Å². The van der Waals surface area contributed by atoms with Crippen LogP contribution in [0.5, 0.6) is 5.75 Å². The number of ether oxygens (including phenoxy) is 1. The van der Waals surface area contributed by atoms with E-state index < -0.39 is 4.92 Å². The second-order valence-electron chi connectivity index (χ2n) is 5.02. The number of nitrogens with zero attached hydrogens (tertiary/aromatic N) is 1. The maximum Gasteiger partial charge on any atom is 0.275 e. The zero-order chi connectivity index (χ0) is 13.1. The number of nitro groups is 1. The Bertz CT molecular complexity index is 440. The molecule has 0 saturated heterocycles. The first kappa shape index (κ1) is 12.7. The van der Waals surface area contributed by atoms with Crippen molar-refractivity contribution in [2.24, 2.45) is 5.92 Å². The van der Waals surface area contributed by atoms with E-state index in [0.29, 0.717) is 11.4 Å². The Balaban J connectivity index is 2.07. The van der Waals surface area contributed by atoms with Gasteiger partial charge >= 0.3 is 0 Å². The fraction of sp³-hybridized carbons (Fsp3) is 0.538. The highest BCUT2D eigenvalue weighted by Gasteiger charge is 2.20. The summed E-state index contributed by atoms with van der Waals surface area (Å²) in [6.45, 7) is 2.24. The van der Waals surface area contributed by atoms with E-state index in [0.717, 1.165) is 31.6 Å². The van der Waals surface area contributed by atoms with Gasteiger partial charge in [-0.25, -0.2) is 0 Å². The summed E-state index contributed by atoms with van der Waals surface area (Å²) in [5.41, 5.74) is 5.98. The molecule has 1 aromatic rings. The van der Waals surface area contributed by atoms with Gasteiger partial charge in [-0.1, -0.05) is 6.92 Å². The molecule has 1 aliphatic rings. The van der Waals surface area contributed by atoms with Crippen LogP contribution >= 0.6 is 0 Å². The summed E-state index contributed by atoms with van der Waals surface area (Å²) in [5, 5.41) is 10.7. The van der Waals surface area contributed by atoms with Crippen LogP contribution in [0.2, 0.25) is 0 Å². The maximum absolute atomic E-state index is 10.7. The lowest BCUT2D eigenvalue weighted by Crippen LogP contribution is -2.23. The number of nitrogens with two attached hydrogens (primary N) is 1. The van der Waals surface area contributed by atoms with Gasteiger partial charge < -0.3 is 10.5 Å². The molecule has 18 heavy (non-hydrogen) atoms. The van der Waals surface area contributed by atoms with Crippen LogP contribution < -0.4 is 10.5 Å². The van der Waals surface area contributed by atoms with Gasteiger partial charge in [-0.15, -0.1) is 0 Å². The average molecular weight is 250 g/mol. The van der Waals surface area contributed by atoms with E-state index in [1.54, 1.807) is 6.07 Å². The summed E-state index contributed by atoms with van der Waals surface area (Å²) >= 11 is 0. The molecule has 2 rings (SSSR count). The molecule has 0 heterocycles. The number of rotatable bonds is 3. The van der Waals surface area contributed by atoms with Crippen LogP contribution in [0.4, 0.5) is 11.4 Å². The lowest BCUT2D eigenvalue weighted by atomic mass is 9.89. The minimum Gasteiger partial charge on any atom is -0.490 e. The van der Waals surface area contributed by atoms with E-state index in [9.17, 15) is 10.1 Å². The highest BCUT2D eigenvalue weighted by molar-refractivity contribution is 5.53. The molecule has 98 valence electrons. The van der Waals surface area contributed by atoms with Crippen molar-refractivity contribution in [2.75, 3.05) is 5.73 Å². The largest absolute Gasteiger partial charge is 0.490 e. The van der Waals surface area contributed by atoms with Crippen molar-refractivity contribution in [1.29, 1.82) is 0 Å². The van der Waals surface area contributed by atoms with Crippen LogP contribution in [-0.2, 0) is 0 Å². The van der Waals surface area contributed by atoms with E-state index in [-0.39, 0.29) is 11.8 Å². The highest BCUT2D eigenvalue weighted by atomic mass is 16.6. The second kappa shape index (κ2) is 5.25. The molecule has 0 aliphatic heterocycles. The minimum atomic E-state index is -0.452. The minimum absolute atomic E-state index is 0.0193. The average Bonchev–Trinajstić information content (AvgIpc) is 2.31. The maximum atomic E-state index is 10.7. The van der Waals surface area contributed by atoms with E-state index in [2.05, 4.69) is 6.92 Å². The van der Waals surface area contributed by atoms with Crippen molar-refractivity contribution in [2.45, 2.75) is 38.7 Å². The van der Waals surface area contributed by atoms with Crippen molar-refractivity contribution in [3.8, 4) is 5.75 Å². The molecule has 5 nitrogen and oxygen atoms in total. The van der Waals surface area contributed by atoms with Crippen LogP contribution in [0.25, 0.3) is 0 Å². The first-order chi connectivity index (χ1) is 8.54. The lowest BCUT2D eigenvalue weighted by Gasteiger charge is -2.26. The summed E-state index contributed by atoms with van der Waals surface area (Å²) < 4.78 is 5.79. The fourth-order valence-corrected chi connectivity index (χ4v) is 2.32. The quantitative estimate of drug-likeness (QED) is 0.508. The van der Waals surface area contributed by atoms with Gasteiger partial charge in [0, 0.05) is 17.8 Å². The van der Waals surface area contributed by atoms with Gasteiger partial charge in [0.15, 0.2) is 0 Å². The molecule has 0 radical (unpaired) electrons. The van der Waals surface area contributed by atoms with Crippen LogP contribution in [-0.4, -0.2) is 11.0 Å². The Labute approximate surface area is 106 Å². The highest BCUT2D eigenvalue weighted by Crippen LogP contribution is 2.30. The molecule has 0 bridgehead atoms. The molecule has 0 spiro atoms. The molecule has 1 aromatic carbocycles. The standard InChI is InChI=1S/C13H18N2O3/c1-9-2-4-12(5-3-9)18-13-7-10(14)6-11(8-13)15(16)17/h6-9,12H,2-5,14H2,1H3. The summed E-state index contributed by atoms with van der Waals surface area (Å²) in [6.07, 6.45) is 4.46. The topological polar surface area (TPSA) is 78.4 Å². The van der Waals surface area contributed by atoms with Crippen molar-refractivity contribution in [3.63, 3.8) is 0 Å². The fourth-order valence-electron chi connectivity index (χ4n) is 2.32. The zero-order valence-corrected chi connectivity index (χ0v) is 10.5. The summed E-state index contributed by atoms with van der Waals surface area (Å²) in [5.74, 6) is 1.25. The third kappa shape index (κ3) is 3.12. The van der Waals surface area contributed by atoms with E-state index >= 15 is 0 Å². The van der Waals surface area contributed by atoms with Crippen molar-refractivity contribution in [1.82, 2.24) is 0 Å². The Hall–Kier alpha value is -1.78. The Morgan fingerprint density at radius 3 is 2.56 bits per heavy atom. The molecule has 0 unspecified atom stereocenters. The Morgan fingerprint density at radius 2 is 1.94 bits per heavy atom. The molecule has 0 amide bonds. The predicted octanol–water partition coefficient (Wildman–Crippen LogP) is 3.13. The molecular weight excluding hydrogens is 232 g/mol. The number of hydrogen-bond acceptors (Lipinski definition) is 4. The van der Waals surface area contributed by atoms with Gasteiger partial charge in [0.25, 0.3) is 5.69 Å². The van der Waals surface area contributed by atoms with Crippen molar-refractivity contribution >= 4 is 11.4 Å². The van der Waals surface area contributed by atoms with Crippen LogP contribution in [0.1, 0.15) is 32.6 Å². The summed E-state index contributed by atoms with van der Waals surface area (Å²) in [7, 11) is 0. The predicted molar refractivity (Wildman–Crippen MR) is 69.6 cm³/mol. The van der Waals surface area contributed by atoms with Crippen LogP contribution in [0, 0.1) is 16.0 Å². The summed E-state index contributed by atoms with van der Waals surface area (Å²) in [4.78, 5) is 10.3. The molecule has 1 fully saturated rings. The monoisotopic (exact) mass is 250 g/mol. The normalized spacial score (nSPS) is 23.6. The first-order valence-corrected chi connectivity index (χ1v) is 6.26. The van der Waals surface area contributed by atoms with Crippen LogP contribution in [0.15, 0.2) is 18.2 Å². The molecule has 0 aromatic heterocycles.